The van der Waals surface area contributed by atoms with Crippen molar-refractivity contribution in [3.63, 3.8) is 0 Å². The molecule has 0 saturated carbocycles. The second-order valence-corrected chi connectivity index (χ2v) is 13.3. The number of aryl methyl sites for hydroxylation is 1. The number of ether oxygens (including phenoxy) is 2. The molecule has 4 aromatic rings. The number of methoxy groups -OCH3 is 2. The van der Waals surface area contributed by atoms with Gasteiger partial charge in [-0.2, -0.15) is 0 Å². The van der Waals surface area contributed by atoms with Crippen LogP contribution in [0.15, 0.2) is 65.7 Å². The fourth-order valence-electron chi connectivity index (χ4n) is 5.85. The molecule has 0 spiro atoms. The minimum Gasteiger partial charge on any atom is -0.496 e. The van der Waals surface area contributed by atoms with Crippen LogP contribution in [0.5, 0.6) is 5.75 Å². The van der Waals surface area contributed by atoms with Crippen molar-refractivity contribution in [3.8, 4) is 5.75 Å². The number of nitrogens with zero attached hydrogens (tertiary/aromatic N) is 2. The molecular formula is C33H36FN5O6S. The average molecular weight is 650 g/mol. The molecule has 2 atom stereocenters. The van der Waals surface area contributed by atoms with E-state index in [0.29, 0.717) is 53.5 Å². The van der Waals surface area contributed by atoms with Gasteiger partial charge >= 0.3 is 6.09 Å². The molecule has 1 aliphatic heterocycles. The summed E-state index contributed by atoms with van der Waals surface area (Å²) >= 11 is 0. The molecule has 2 amide bonds. The van der Waals surface area contributed by atoms with Gasteiger partial charge in [0.1, 0.15) is 23.4 Å². The van der Waals surface area contributed by atoms with Crippen LogP contribution in [0.3, 0.4) is 0 Å². The van der Waals surface area contributed by atoms with E-state index in [0.717, 1.165) is 10.8 Å². The molecule has 11 nitrogen and oxygen atoms in total. The van der Waals surface area contributed by atoms with E-state index in [9.17, 15) is 18.0 Å². The molecule has 2 unspecified atom stereocenters. The van der Waals surface area contributed by atoms with Crippen LogP contribution in [-0.4, -0.2) is 56.8 Å². The lowest BCUT2D eigenvalue weighted by molar-refractivity contribution is -0.133. The molecule has 4 N–H and O–H groups in total. The summed E-state index contributed by atoms with van der Waals surface area (Å²) in [6.07, 6.45) is 1.88. The lowest BCUT2D eigenvalue weighted by atomic mass is 9.99. The largest absolute Gasteiger partial charge is 0.496 e. The normalized spacial score (nSPS) is 15.4. The maximum Gasteiger partial charge on any atom is 0.411 e. The number of aromatic nitrogens is 1. The highest BCUT2D eigenvalue weighted by Gasteiger charge is 2.38. The van der Waals surface area contributed by atoms with Crippen LogP contribution in [-0.2, 0) is 19.4 Å². The Labute approximate surface area is 266 Å². The summed E-state index contributed by atoms with van der Waals surface area (Å²) in [6, 6.07) is 12.5. The number of fused-ring (bicyclic) bond motifs is 1. The SMILES string of the molecule is CCS(=O)(=O)c1ccc(NC(=O)OC)cc1C1CCCN1C(=O)C(Nc1ccc2c(N)nccc2c1)c1cc(OC)c(C)cc1F. The third-order valence-corrected chi connectivity index (χ3v) is 10.0. The standard InChI is InChI=1S/C33H36FN5O6S/c1-5-46(42,43)29-11-9-22(38-33(41)45-4)17-25(29)27-7-6-14-39(27)32(40)30(24-18-28(44-3)19(2)15-26(24)34)37-21-8-10-23-20(16-21)12-13-36-31(23)35/h8-13,15-18,27,30,37H,5-7,14H2,1-4H3,(H2,35,36)(H,38,41). The first-order valence-corrected chi connectivity index (χ1v) is 16.4. The van der Waals surface area contributed by atoms with Crippen LogP contribution in [0, 0.1) is 12.7 Å². The van der Waals surface area contributed by atoms with Crippen LogP contribution >= 0.6 is 0 Å². The first-order chi connectivity index (χ1) is 22.0. The number of hydrogen-bond acceptors (Lipinski definition) is 9. The highest BCUT2D eigenvalue weighted by molar-refractivity contribution is 7.91. The van der Waals surface area contributed by atoms with Gasteiger partial charge in [0.25, 0.3) is 0 Å². The van der Waals surface area contributed by atoms with E-state index in [2.05, 4.69) is 15.6 Å². The highest BCUT2D eigenvalue weighted by Crippen LogP contribution is 2.40. The zero-order valence-electron chi connectivity index (χ0n) is 26.0. The molecule has 1 saturated heterocycles. The summed E-state index contributed by atoms with van der Waals surface area (Å²) in [7, 11) is -1.03. The fourth-order valence-corrected chi connectivity index (χ4v) is 6.99. The number of halogens is 1. The summed E-state index contributed by atoms with van der Waals surface area (Å²) < 4.78 is 52.4. The first kappa shape index (κ1) is 32.5. The quantitative estimate of drug-likeness (QED) is 0.205. The Balaban J connectivity index is 1.61. The number of hydrogen-bond donors (Lipinski definition) is 3. The lowest BCUT2D eigenvalue weighted by Crippen LogP contribution is -2.38. The number of benzene rings is 3. The van der Waals surface area contributed by atoms with Gasteiger partial charge in [0.2, 0.25) is 5.91 Å². The second-order valence-electron chi connectivity index (χ2n) is 11.0. The van der Waals surface area contributed by atoms with Crippen molar-refractivity contribution in [2.24, 2.45) is 0 Å². The van der Waals surface area contributed by atoms with E-state index in [1.54, 1.807) is 48.4 Å². The number of carbonyl (C=O) groups is 2. The van der Waals surface area contributed by atoms with Crippen LogP contribution in [0.25, 0.3) is 10.8 Å². The maximum atomic E-state index is 15.7. The minimum absolute atomic E-state index is 0.0588. The summed E-state index contributed by atoms with van der Waals surface area (Å²) in [5, 5.41) is 7.30. The van der Waals surface area contributed by atoms with Crippen molar-refractivity contribution in [2.45, 2.75) is 43.7 Å². The first-order valence-electron chi connectivity index (χ1n) is 14.7. The Hall–Kier alpha value is -4.91. The molecule has 0 bridgehead atoms. The molecule has 3 aromatic carbocycles. The van der Waals surface area contributed by atoms with Gasteiger partial charge < -0.3 is 25.4 Å². The van der Waals surface area contributed by atoms with Crippen molar-refractivity contribution in [2.75, 3.05) is 42.9 Å². The van der Waals surface area contributed by atoms with Crippen molar-refractivity contribution in [3.05, 3.63) is 83.3 Å². The number of nitrogens with two attached hydrogens (primary N) is 1. The van der Waals surface area contributed by atoms with Crippen molar-refractivity contribution >= 4 is 49.8 Å². The number of amides is 2. The Morgan fingerprint density at radius 1 is 1.11 bits per heavy atom. The minimum atomic E-state index is -3.72. The lowest BCUT2D eigenvalue weighted by Gasteiger charge is -2.32. The van der Waals surface area contributed by atoms with Crippen molar-refractivity contribution in [1.82, 2.24) is 9.88 Å². The molecule has 1 aliphatic rings. The predicted molar refractivity (Wildman–Crippen MR) is 174 cm³/mol. The van der Waals surface area contributed by atoms with Gasteiger partial charge in [-0.1, -0.05) is 6.92 Å². The smallest absolute Gasteiger partial charge is 0.411 e. The molecule has 1 fully saturated rings. The number of sulfone groups is 1. The van der Waals surface area contributed by atoms with E-state index in [4.69, 9.17) is 15.2 Å². The molecule has 46 heavy (non-hydrogen) atoms. The summed E-state index contributed by atoms with van der Waals surface area (Å²) in [6.45, 7) is 3.55. The molecule has 0 radical (unpaired) electrons. The zero-order chi connectivity index (χ0) is 33.2. The number of rotatable bonds is 9. The zero-order valence-corrected chi connectivity index (χ0v) is 26.8. The van der Waals surface area contributed by atoms with Crippen molar-refractivity contribution < 1.29 is 31.9 Å². The van der Waals surface area contributed by atoms with E-state index in [1.807, 2.05) is 0 Å². The van der Waals surface area contributed by atoms with E-state index < -0.39 is 39.7 Å². The molecule has 2 heterocycles. The third-order valence-electron chi connectivity index (χ3n) is 8.23. The number of anilines is 3. The van der Waals surface area contributed by atoms with Gasteiger partial charge in [-0.25, -0.2) is 22.6 Å². The van der Waals surface area contributed by atoms with Gasteiger partial charge in [-0.05, 0) is 90.9 Å². The average Bonchev–Trinajstić information content (AvgIpc) is 3.54. The fraction of sp³-hybridized carbons (Fsp3) is 0.303. The van der Waals surface area contributed by atoms with E-state index >= 15 is 4.39 Å². The topological polar surface area (TPSA) is 153 Å². The number of nitrogen functional groups attached to an aromatic ring is 1. The van der Waals surface area contributed by atoms with Gasteiger partial charge in [-0.15, -0.1) is 0 Å². The monoisotopic (exact) mass is 649 g/mol. The molecule has 0 aliphatic carbocycles. The van der Waals surface area contributed by atoms with Gasteiger partial charge in [0.05, 0.1) is 30.9 Å². The Morgan fingerprint density at radius 3 is 2.59 bits per heavy atom. The summed E-state index contributed by atoms with van der Waals surface area (Å²) in [4.78, 5) is 32.3. The Bertz CT molecular complexity index is 1920. The van der Waals surface area contributed by atoms with E-state index in [-0.39, 0.29) is 16.2 Å². The van der Waals surface area contributed by atoms with Crippen molar-refractivity contribution in [1.29, 1.82) is 0 Å². The predicted octanol–water partition coefficient (Wildman–Crippen LogP) is 5.76. The molecule has 13 heteroatoms. The molecule has 5 rings (SSSR count). The number of likely N-dealkylation sites (tertiary alicyclic amines) is 1. The number of nitrogens with one attached hydrogen (secondary N) is 2. The van der Waals surface area contributed by atoms with Gasteiger partial charge in [0, 0.05) is 35.1 Å². The number of carbonyl (C=O) groups excluding carboxylic acids is 2. The van der Waals surface area contributed by atoms with E-state index in [1.165, 1.54) is 45.4 Å². The van der Waals surface area contributed by atoms with Gasteiger partial charge in [-0.3, -0.25) is 10.1 Å². The highest BCUT2D eigenvalue weighted by atomic mass is 32.2. The third kappa shape index (κ3) is 6.41. The Kier molecular flexibility index (Phi) is 9.33. The molecular weight excluding hydrogens is 613 g/mol. The molecule has 242 valence electrons. The second kappa shape index (κ2) is 13.2. The summed E-state index contributed by atoms with van der Waals surface area (Å²) in [5.74, 6) is -0.470. The molecule has 1 aromatic heterocycles. The van der Waals surface area contributed by atoms with Crippen LogP contribution in [0.2, 0.25) is 0 Å². The van der Waals surface area contributed by atoms with Crippen LogP contribution < -0.4 is 21.1 Å². The summed E-state index contributed by atoms with van der Waals surface area (Å²) in [5.41, 5.74) is 7.86. The maximum absolute atomic E-state index is 15.7. The Morgan fingerprint density at radius 2 is 1.87 bits per heavy atom. The van der Waals surface area contributed by atoms with Crippen LogP contribution in [0.1, 0.15) is 48.5 Å². The van der Waals surface area contributed by atoms with Gasteiger partial charge in [0.15, 0.2) is 9.84 Å². The number of pyridine rings is 1. The van der Waals surface area contributed by atoms with Crippen LogP contribution in [0.4, 0.5) is 26.4 Å².